The van der Waals surface area contributed by atoms with E-state index in [1.165, 1.54) is 0 Å². The Balaban J connectivity index is 1.46. The highest BCUT2D eigenvalue weighted by Gasteiger charge is 2.26. The van der Waals surface area contributed by atoms with Crippen molar-refractivity contribution in [3.8, 4) is 0 Å². The van der Waals surface area contributed by atoms with E-state index >= 15 is 0 Å². The SMILES string of the molecule is O=C(O)c1cc(C2CC2)cnc1Nc1cccc2c1c#cn2CC1CCOC1. The average Bonchev–Trinajstić information content (AvgIpc) is 3.27. The summed E-state index contributed by atoms with van der Waals surface area (Å²) in [5.41, 5.74) is 3.01. The average molecular weight is 375 g/mol. The van der Waals surface area contributed by atoms with Gasteiger partial charge in [-0.2, -0.15) is 0 Å². The Morgan fingerprint density at radius 2 is 2.25 bits per heavy atom. The minimum Gasteiger partial charge on any atom is -0.478 e. The van der Waals surface area contributed by atoms with Crippen LogP contribution in [-0.4, -0.2) is 33.8 Å². The van der Waals surface area contributed by atoms with E-state index in [4.69, 9.17) is 4.74 Å². The van der Waals surface area contributed by atoms with E-state index in [0.29, 0.717) is 17.7 Å². The van der Waals surface area contributed by atoms with Crippen molar-refractivity contribution in [1.82, 2.24) is 9.55 Å². The van der Waals surface area contributed by atoms with Gasteiger partial charge in [-0.25, -0.2) is 9.78 Å². The van der Waals surface area contributed by atoms with Crippen LogP contribution in [0.25, 0.3) is 10.9 Å². The highest BCUT2D eigenvalue weighted by Crippen LogP contribution is 2.40. The zero-order valence-corrected chi connectivity index (χ0v) is 15.4. The maximum atomic E-state index is 11.8. The number of rotatable bonds is 6. The molecular weight excluding hydrogens is 354 g/mol. The lowest BCUT2D eigenvalue weighted by Gasteiger charge is -2.12. The van der Waals surface area contributed by atoms with Crippen LogP contribution < -0.4 is 5.32 Å². The molecule has 5 rings (SSSR count). The number of nitrogens with zero attached hydrogens (tertiary/aromatic N) is 2. The van der Waals surface area contributed by atoms with Crippen LogP contribution in [0.3, 0.4) is 0 Å². The van der Waals surface area contributed by atoms with Gasteiger partial charge in [-0.15, -0.1) is 0 Å². The van der Waals surface area contributed by atoms with E-state index in [2.05, 4.69) is 27.1 Å². The molecule has 1 unspecified atom stereocenters. The molecule has 1 saturated heterocycles. The minimum atomic E-state index is -0.973. The van der Waals surface area contributed by atoms with Crippen molar-refractivity contribution >= 4 is 28.4 Å². The molecule has 0 amide bonds. The fourth-order valence-corrected chi connectivity index (χ4v) is 3.82. The number of anilines is 2. The van der Waals surface area contributed by atoms with Crippen molar-refractivity contribution < 1.29 is 14.6 Å². The Hall–Kier alpha value is -3.04. The smallest absolute Gasteiger partial charge is 0.339 e. The summed E-state index contributed by atoms with van der Waals surface area (Å²) in [7, 11) is 0. The molecule has 0 bridgehead atoms. The number of pyridine rings is 1. The topological polar surface area (TPSA) is 76.4 Å². The second-order valence-electron chi connectivity index (χ2n) is 7.65. The number of carboxylic acid groups (broad SMARTS) is 1. The normalized spacial score (nSPS) is 18.9. The summed E-state index contributed by atoms with van der Waals surface area (Å²) in [6.45, 7) is 2.45. The molecule has 6 nitrogen and oxygen atoms in total. The number of aromatic carboxylic acids is 1. The first-order chi connectivity index (χ1) is 13.7. The van der Waals surface area contributed by atoms with Crippen molar-refractivity contribution in [2.75, 3.05) is 18.5 Å². The molecule has 2 N–H and O–H groups in total. The number of hydrogen-bond acceptors (Lipinski definition) is 4. The number of hydrogen-bond donors (Lipinski definition) is 2. The van der Waals surface area contributed by atoms with Gasteiger partial charge in [0.05, 0.1) is 23.2 Å². The van der Waals surface area contributed by atoms with E-state index in [9.17, 15) is 9.90 Å². The molecule has 2 aromatic heterocycles. The Morgan fingerprint density at radius 1 is 1.36 bits per heavy atom. The number of nitrogens with one attached hydrogen (secondary N) is 1. The fraction of sp³-hybridized carbons (Fsp3) is 0.364. The molecule has 0 radical (unpaired) electrons. The maximum Gasteiger partial charge on any atom is 0.339 e. The van der Waals surface area contributed by atoms with Crippen molar-refractivity contribution in [1.29, 1.82) is 0 Å². The third-order valence-electron chi connectivity index (χ3n) is 5.55. The molecule has 1 saturated carbocycles. The first kappa shape index (κ1) is 17.1. The van der Waals surface area contributed by atoms with Crippen LogP contribution in [0.1, 0.15) is 41.1 Å². The number of ether oxygens (including phenoxy) is 1. The van der Waals surface area contributed by atoms with Crippen molar-refractivity contribution in [2.24, 2.45) is 5.92 Å². The van der Waals surface area contributed by atoms with E-state index < -0.39 is 5.97 Å². The van der Waals surface area contributed by atoms with E-state index in [1.54, 1.807) is 12.3 Å². The fourth-order valence-electron chi connectivity index (χ4n) is 3.82. The monoisotopic (exact) mass is 375 g/mol. The number of carboxylic acids is 1. The summed E-state index contributed by atoms with van der Waals surface area (Å²) < 4.78 is 7.54. The Morgan fingerprint density at radius 3 is 3.00 bits per heavy atom. The summed E-state index contributed by atoms with van der Waals surface area (Å²) in [4.78, 5) is 16.2. The molecule has 1 aliphatic carbocycles. The zero-order valence-electron chi connectivity index (χ0n) is 15.4. The lowest BCUT2D eigenvalue weighted by Crippen LogP contribution is -2.09. The quantitative estimate of drug-likeness (QED) is 0.681. The number of carbonyl (C=O) groups is 1. The number of aromatic nitrogens is 2. The van der Waals surface area contributed by atoms with Crippen LogP contribution in [0.2, 0.25) is 0 Å². The largest absolute Gasteiger partial charge is 0.478 e. The molecule has 1 aliphatic heterocycles. The van der Waals surface area contributed by atoms with Gasteiger partial charge in [0.2, 0.25) is 0 Å². The Kier molecular flexibility index (Phi) is 4.18. The van der Waals surface area contributed by atoms with Crippen molar-refractivity contribution in [2.45, 2.75) is 31.7 Å². The molecule has 1 atom stereocenters. The molecule has 3 heterocycles. The predicted octanol–water partition coefficient (Wildman–Crippen LogP) is 3.99. The van der Waals surface area contributed by atoms with Gasteiger partial charge in [-0.3, -0.25) is 4.57 Å². The van der Waals surface area contributed by atoms with Crippen LogP contribution in [0.15, 0.2) is 30.5 Å². The van der Waals surface area contributed by atoms with Gasteiger partial charge < -0.3 is 15.2 Å². The van der Waals surface area contributed by atoms with Gasteiger partial charge in [0.25, 0.3) is 0 Å². The van der Waals surface area contributed by atoms with Gasteiger partial charge in [0, 0.05) is 31.5 Å². The molecule has 2 fully saturated rings. The van der Waals surface area contributed by atoms with Gasteiger partial charge in [-0.05, 0) is 55.0 Å². The molecule has 142 valence electrons. The highest BCUT2D eigenvalue weighted by molar-refractivity contribution is 5.97. The van der Waals surface area contributed by atoms with Crippen molar-refractivity contribution in [3.05, 3.63) is 53.9 Å². The van der Waals surface area contributed by atoms with E-state index in [1.807, 2.05) is 18.2 Å². The Bertz CT molecular complexity index is 1030. The summed E-state index contributed by atoms with van der Waals surface area (Å²) in [6, 6.07) is 10.8. The lowest BCUT2D eigenvalue weighted by atomic mass is 10.1. The molecule has 1 aromatic carbocycles. The summed E-state index contributed by atoms with van der Waals surface area (Å²) in [5.74, 6) is 0.334. The third-order valence-corrected chi connectivity index (χ3v) is 5.55. The van der Waals surface area contributed by atoms with Gasteiger partial charge in [0.15, 0.2) is 0 Å². The van der Waals surface area contributed by atoms with Crippen LogP contribution in [0.5, 0.6) is 0 Å². The Labute approximate surface area is 163 Å². The number of benzene rings is 1. The molecule has 0 spiro atoms. The van der Waals surface area contributed by atoms with Gasteiger partial charge in [0.1, 0.15) is 11.4 Å². The summed E-state index contributed by atoms with van der Waals surface area (Å²) in [5, 5.41) is 13.7. The molecule has 2 aliphatic rings. The number of fused-ring (bicyclic) bond motifs is 1. The molecule has 3 aromatic rings. The minimum absolute atomic E-state index is 0.202. The van der Waals surface area contributed by atoms with Gasteiger partial charge >= 0.3 is 5.97 Å². The van der Waals surface area contributed by atoms with Crippen LogP contribution in [-0.2, 0) is 11.3 Å². The van der Waals surface area contributed by atoms with E-state index in [-0.39, 0.29) is 5.56 Å². The molecular formula is C22H21N3O3. The zero-order chi connectivity index (χ0) is 19.1. The maximum absolute atomic E-state index is 11.8. The lowest BCUT2D eigenvalue weighted by molar-refractivity contribution is 0.0697. The third kappa shape index (κ3) is 3.19. The second-order valence-corrected chi connectivity index (χ2v) is 7.65. The molecule has 28 heavy (non-hydrogen) atoms. The van der Waals surface area contributed by atoms with E-state index in [0.717, 1.165) is 61.2 Å². The highest BCUT2D eigenvalue weighted by atomic mass is 16.5. The second kappa shape index (κ2) is 6.84. The van der Waals surface area contributed by atoms with Crippen LogP contribution in [0.4, 0.5) is 11.5 Å². The summed E-state index contributed by atoms with van der Waals surface area (Å²) in [6.07, 6.45) is 8.26. The predicted molar refractivity (Wildman–Crippen MR) is 105 cm³/mol. The van der Waals surface area contributed by atoms with Crippen LogP contribution in [0, 0.1) is 18.2 Å². The first-order valence-electron chi connectivity index (χ1n) is 9.69. The molecule has 6 heteroatoms. The standard InChI is InChI=1S/C22H21N3O3/c26-22(27)18-10-16(15-4-5-15)11-23-21(18)24-19-2-1-3-20-17(19)6-8-25(20)12-14-7-9-28-13-14/h1-3,10-11,14-15H,4-5,7,9,12-13H2,(H,23,24)(H,26,27). The van der Waals surface area contributed by atoms with Crippen molar-refractivity contribution in [3.63, 3.8) is 0 Å². The first-order valence-corrected chi connectivity index (χ1v) is 9.69. The summed E-state index contributed by atoms with van der Waals surface area (Å²) >= 11 is 0. The van der Waals surface area contributed by atoms with Crippen LogP contribution >= 0.6 is 0 Å². The van der Waals surface area contributed by atoms with Gasteiger partial charge in [-0.1, -0.05) is 6.07 Å².